The third kappa shape index (κ3) is 5.68. The Bertz CT molecular complexity index is 579. The molecule has 0 atom stereocenters. The SMILES string of the molecule is CC(C)(CNC(=O)CCc1ccncc1)Cc1ccccc1. The van der Waals surface area contributed by atoms with E-state index in [2.05, 4.69) is 48.4 Å². The number of nitrogens with one attached hydrogen (secondary N) is 1. The number of carbonyl (C=O) groups is 1. The number of aromatic nitrogens is 1. The minimum atomic E-state index is 0.0493. The van der Waals surface area contributed by atoms with Gasteiger partial charge in [-0.25, -0.2) is 0 Å². The number of pyridine rings is 1. The summed E-state index contributed by atoms with van der Waals surface area (Å²) >= 11 is 0. The molecule has 3 heteroatoms. The summed E-state index contributed by atoms with van der Waals surface area (Å²) in [5.41, 5.74) is 2.50. The van der Waals surface area contributed by atoms with Crippen molar-refractivity contribution in [2.75, 3.05) is 6.54 Å². The van der Waals surface area contributed by atoms with Crippen LogP contribution < -0.4 is 5.32 Å². The van der Waals surface area contributed by atoms with E-state index in [0.717, 1.165) is 18.4 Å². The first-order valence-corrected chi connectivity index (χ1v) is 7.75. The molecule has 0 unspecified atom stereocenters. The van der Waals surface area contributed by atoms with Crippen LogP contribution in [0.1, 0.15) is 31.4 Å². The molecule has 2 rings (SSSR count). The maximum atomic E-state index is 12.0. The summed E-state index contributed by atoms with van der Waals surface area (Å²) in [6, 6.07) is 14.3. The van der Waals surface area contributed by atoms with Crippen molar-refractivity contribution in [1.82, 2.24) is 10.3 Å². The van der Waals surface area contributed by atoms with E-state index in [9.17, 15) is 4.79 Å². The van der Waals surface area contributed by atoms with Crippen LogP contribution in [-0.2, 0) is 17.6 Å². The van der Waals surface area contributed by atoms with E-state index in [0.29, 0.717) is 13.0 Å². The molecule has 0 aliphatic rings. The molecule has 0 bridgehead atoms. The monoisotopic (exact) mass is 296 g/mol. The number of amides is 1. The highest BCUT2D eigenvalue weighted by Gasteiger charge is 2.19. The Kier molecular flexibility index (Phi) is 5.70. The predicted octanol–water partition coefficient (Wildman–Crippen LogP) is 3.40. The van der Waals surface area contributed by atoms with Gasteiger partial charge in [-0.15, -0.1) is 0 Å². The first kappa shape index (κ1) is 16.2. The van der Waals surface area contributed by atoms with Gasteiger partial charge < -0.3 is 5.32 Å². The van der Waals surface area contributed by atoms with E-state index < -0.39 is 0 Å². The van der Waals surface area contributed by atoms with Gasteiger partial charge >= 0.3 is 0 Å². The van der Waals surface area contributed by atoms with Crippen LogP contribution in [0.15, 0.2) is 54.9 Å². The van der Waals surface area contributed by atoms with Crippen molar-refractivity contribution >= 4 is 5.91 Å². The van der Waals surface area contributed by atoms with Gasteiger partial charge in [-0.1, -0.05) is 44.2 Å². The molecule has 22 heavy (non-hydrogen) atoms. The van der Waals surface area contributed by atoms with Crippen molar-refractivity contribution in [3.63, 3.8) is 0 Å². The molecule has 0 spiro atoms. The lowest BCUT2D eigenvalue weighted by Gasteiger charge is -2.25. The number of rotatable bonds is 7. The summed E-state index contributed by atoms with van der Waals surface area (Å²) in [5.74, 6) is 0.109. The van der Waals surface area contributed by atoms with Gasteiger partial charge in [-0.05, 0) is 41.5 Å². The van der Waals surface area contributed by atoms with Crippen LogP contribution in [0.2, 0.25) is 0 Å². The van der Waals surface area contributed by atoms with Crippen molar-refractivity contribution in [2.24, 2.45) is 5.41 Å². The minimum absolute atomic E-state index is 0.0493. The van der Waals surface area contributed by atoms with Crippen molar-refractivity contribution in [3.05, 3.63) is 66.0 Å². The average Bonchev–Trinajstić information content (AvgIpc) is 2.53. The van der Waals surface area contributed by atoms with E-state index in [1.165, 1.54) is 5.56 Å². The summed E-state index contributed by atoms with van der Waals surface area (Å²) in [6.07, 6.45) is 5.75. The zero-order chi connectivity index (χ0) is 15.8. The Morgan fingerprint density at radius 1 is 1.05 bits per heavy atom. The van der Waals surface area contributed by atoms with Gasteiger partial charge in [0, 0.05) is 25.4 Å². The fourth-order valence-corrected chi connectivity index (χ4v) is 2.44. The Morgan fingerprint density at radius 2 is 1.73 bits per heavy atom. The van der Waals surface area contributed by atoms with E-state index in [4.69, 9.17) is 0 Å². The number of hydrogen-bond acceptors (Lipinski definition) is 2. The van der Waals surface area contributed by atoms with Crippen molar-refractivity contribution in [3.8, 4) is 0 Å². The molecule has 3 nitrogen and oxygen atoms in total. The Morgan fingerprint density at radius 3 is 2.41 bits per heavy atom. The highest BCUT2D eigenvalue weighted by molar-refractivity contribution is 5.76. The van der Waals surface area contributed by atoms with Crippen molar-refractivity contribution in [2.45, 2.75) is 33.1 Å². The van der Waals surface area contributed by atoms with E-state index in [1.54, 1.807) is 12.4 Å². The summed E-state index contributed by atoms with van der Waals surface area (Å²) < 4.78 is 0. The van der Waals surface area contributed by atoms with Crippen LogP contribution in [-0.4, -0.2) is 17.4 Å². The minimum Gasteiger partial charge on any atom is -0.356 e. The lowest BCUT2D eigenvalue weighted by molar-refractivity contribution is -0.121. The van der Waals surface area contributed by atoms with Gasteiger partial charge in [0.2, 0.25) is 5.91 Å². The average molecular weight is 296 g/mol. The topological polar surface area (TPSA) is 42.0 Å². The lowest BCUT2D eigenvalue weighted by atomic mass is 9.85. The largest absolute Gasteiger partial charge is 0.356 e. The standard InChI is InChI=1S/C19H24N2O/c1-19(2,14-17-6-4-3-5-7-17)15-21-18(22)9-8-16-10-12-20-13-11-16/h3-7,10-13H,8-9,14-15H2,1-2H3,(H,21,22). The first-order valence-electron chi connectivity index (χ1n) is 7.75. The zero-order valence-corrected chi connectivity index (χ0v) is 13.4. The normalized spacial score (nSPS) is 11.2. The maximum absolute atomic E-state index is 12.0. The third-order valence-corrected chi connectivity index (χ3v) is 3.68. The molecule has 0 saturated heterocycles. The van der Waals surface area contributed by atoms with Crippen LogP contribution in [0.3, 0.4) is 0 Å². The zero-order valence-electron chi connectivity index (χ0n) is 13.4. The summed E-state index contributed by atoms with van der Waals surface area (Å²) in [5, 5.41) is 3.06. The molecule has 1 aromatic carbocycles. The Labute approximate surface area is 132 Å². The smallest absolute Gasteiger partial charge is 0.220 e. The van der Waals surface area contributed by atoms with Crippen LogP contribution in [0.25, 0.3) is 0 Å². The molecule has 0 fully saturated rings. The van der Waals surface area contributed by atoms with Gasteiger partial charge in [-0.2, -0.15) is 0 Å². The number of nitrogens with zero attached hydrogens (tertiary/aromatic N) is 1. The van der Waals surface area contributed by atoms with Crippen molar-refractivity contribution in [1.29, 1.82) is 0 Å². The highest BCUT2D eigenvalue weighted by Crippen LogP contribution is 2.20. The maximum Gasteiger partial charge on any atom is 0.220 e. The Balaban J connectivity index is 1.75. The molecular weight excluding hydrogens is 272 g/mol. The number of hydrogen-bond donors (Lipinski definition) is 1. The summed E-state index contributed by atoms with van der Waals surface area (Å²) in [4.78, 5) is 16.0. The first-order chi connectivity index (χ1) is 10.6. The molecule has 0 aliphatic carbocycles. The molecular formula is C19H24N2O. The quantitative estimate of drug-likeness (QED) is 0.851. The second-order valence-corrected chi connectivity index (χ2v) is 6.46. The van der Waals surface area contributed by atoms with E-state index in [-0.39, 0.29) is 11.3 Å². The summed E-state index contributed by atoms with van der Waals surface area (Å²) in [6.45, 7) is 5.06. The fourth-order valence-electron chi connectivity index (χ4n) is 2.44. The highest BCUT2D eigenvalue weighted by atomic mass is 16.1. The van der Waals surface area contributed by atoms with Gasteiger partial charge in [-0.3, -0.25) is 9.78 Å². The molecule has 1 amide bonds. The predicted molar refractivity (Wildman–Crippen MR) is 89.5 cm³/mol. The number of carbonyl (C=O) groups excluding carboxylic acids is 1. The third-order valence-electron chi connectivity index (χ3n) is 3.68. The Hall–Kier alpha value is -2.16. The fraction of sp³-hybridized carbons (Fsp3) is 0.368. The van der Waals surface area contributed by atoms with Gasteiger partial charge in [0.25, 0.3) is 0 Å². The van der Waals surface area contributed by atoms with E-state index in [1.807, 2.05) is 18.2 Å². The second-order valence-electron chi connectivity index (χ2n) is 6.46. The van der Waals surface area contributed by atoms with Gasteiger partial charge in [0.05, 0.1) is 0 Å². The van der Waals surface area contributed by atoms with Crippen LogP contribution in [0, 0.1) is 5.41 Å². The van der Waals surface area contributed by atoms with Crippen LogP contribution in [0.5, 0.6) is 0 Å². The van der Waals surface area contributed by atoms with Crippen LogP contribution >= 0.6 is 0 Å². The molecule has 1 aromatic heterocycles. The summed E-state index contributed by atoms with van der Waals surface area (Å²) in [7, 11) is 0. The molecule has 0 radical (unpaired) electrons. The molecule has 0 aliphatic heterocycles. The van der Waals surface area contributed by atoms with Gasteiger partial charge in [0.1, 0.15) is 0 Å². The molecule has 2 aromatic rings. The number of aryl methyl sites for hydroxylation is 1. The number of benzene rings is 1. The van der Waals surface area contributed by atoms with E-state index >= 15 is 0 Å². The molecule has 0 saturated carbocycles. The van der Waals surface area contributed by atoms with Crippen molar-refractivity contribution < 1.29 is 4.79 Å². The van der Waals surface area contributed by atoms with Gasteiger partial charge in [0.15, 0.2) is 0 Å². The molecule has 1 heterocycles. The molecule has 116 valence electrons. The van der Waals surface area contributed by atoms with Crippen LogP contribution in [0.4, 0.5) is 0 Å². The lowest BCUT2D eigenvalue weighted by Crippen LogP contribution is -2.35. The molecule has 1 N–H and O–H groups in total. The second kappa shape index (κ2) is 7.74.